The van der Waals surface area contributed by atoms with Gasteiger partial charge in [-0.3, -0.25) is 4.79 Å². The smallest absolute Gasteiger partial charge is 0.355 e. The number of rotatable bonds is 4. The van der Waals surface area contributed by atoms with E-state index in [1.165, 1.54) is 5.57 Å². The third-order valence-electron chi connectivity index (χ3n) is 2.29. The van der Waals surface area contributed by atoms with Crippen LogP contribution in [0.4, 0.5) is 13.2 Å². The molecular formula is C10H15F3N2O. The average molecular weight is 236 g/mol. The van der Waals surface area contributed by atoms with Gasteiger partial charge in [0.05, 0.1) is 0 Å². The first-order valence-electron chi connectivity index (χ1n) is 5.19. The lowest BCUT2D eigenvalue weighted by Gasteiger charge is -2.14. The van der Waals surface area contributed by atoms with Crippen LogP contribution >= 0.6 is 0 Å². The lowest BCUT2D eigenvalue weighted by atomic mass is 10.1. The second kappa shape index (κ2) is 5.89. The fraction of sp³-hybridized carbons (Fsp3) is 0.700. The Morgan fingerprint density at radius 1 is 1.50 bits per heavy atom. The topological polar surface area (TPSA) is 41.1 Å². The van der Waals surface area contributed by atoms with Crippen LogP contribution in [0.15, 0.2) is 11.6 Å². The Balaban J connectivity index is 2.15. The lowest BCUT2D eigenvalue weighted by Crippen LogP contribution is -2.30. The van der Waals surface area contributed by atoms with Crippen molar-refractivity contribution in [2.45, 2.75) is 25.4 Å². The van der Waals surface area contributed by atoms with Gasteiger partial charge in [-0.1, -0.05) is 11.6 Å². The highest BCUT2D eigenvalue weighted by Crippen LogP contribution is 2.18. The number of amides is 1. The highest BCUT2D eigenvalue weighted by molar-refractivity contribution is 5.76. The van der Waals surface area contributed by atoms with Gasteiger partial charge in [0, 0.05) is 13.1 Å². The molecule has 3 nitrogen and oxygen atoms in total. The Kier molecular flexibility index (Phi) is 4.79. The predicted molar refractivity (Wildman–Crippen MR) is 53.9 cm³/mol. The molecule has 92 valence electrons. The maximum atomic E-state index is 11.8. The van der Waals surface area contributed by atoms with Crippen molar-refractivity contribution >= 4 is 5.91 Å². The van der Waals surface area contributed by atoms with Crippen LogP contribution in [-0.2, 0) is 4.79 Å². The molecule has 0 saturated carbocycles. The first kappa shape index (κ1) is 13.0. The molecule has 1 aliphatic rings. The third-order valence-corrected chi connectivity index (χ3v) is 2.29. The van der Waals surface area contributed by atoms with Crippen LogP contribution in [0, 0.1) is 0 Å². The van der Waals surface area contributed by atoms with E-state index in [0.29, 0.717) is 6.42 Å². The van der Waals surface area contributed by atoms with Gasteiger partial charge in [-0.15, -0.1) is 0 Å². The number of alkyl halides is 3. The molecule has 0 aliphatic carbocycles. The molecule has 1 amide bonds. The van der Waals surface area contributed by atoms with E-state index in [1.807, 2.05) is 6.08 Å². The second-order valence-corrected chi connectivity index (χ2v) is 3.71. The molecule has 0 saturated heterocycles. The fourth-order valence-corrected chi connectivity index (χ4v) is 1.50. The van der Waals surface area contributed by atoms with E-state index in [9.17, 15) is 18.0 Å². The van der Waals surface area contributed by atoms with E-state index in [-0.39, 0.29) is 6.54 Å². The molecule has 0 unspecified atom stereocenters. The van der Waals surface area contributed by atoms with Gasteiger partial charge in [-0.25, -0.2) is 0 Å². The highest BCUT2D eigenvalue weighted by atomic mass is 19.4. The van der Waals surface area contributed by atoms with Crippen LogP contribution in [0.5, 0.6) is 0 Å². The Morgan fingerprint density at radius 3 is 2.81 bits per heavy atom. The molecule has 0 aromatic carbocycles. The number of carbonyl (C=O) groups excluding carboxylic acids is 1. The molecule has 0 aromatic rings. The van der Waals surface area contributed by atoms with Gasteiger partial charge >= 0.3 is 6.18 Å². The summed E-state index contributed by atoms with van der Waals surface area (Å²) < 4.78 is 35.4. The number of hydrogen-bond donors (Lipinski definition) is 2. The van der Waals surface area contributed by atoms with Crippen LogP contribution in [0.25, 0.3) is 0 Å². The van der Waals surface area contributed by atoms with Crippen molar-refractivity contribution in [2.24, 2.45) is 0 Å². The molecule has 1 aliphatic heterocycles. The molecule has 6 heteroatoms. The van der Waals surface area contributed by atoms with E-state index in [2.05, 4.69) is 10.6 Å². The Hall–Kier alpha value is -1.04. The molecule has 0 atom stereocenters. The molecule has 0 radical (unpaired) electrons. The summed E-state index contributed by atoms with van der Waals surface area (Å²) in [6.45, 7) is 1.97. The molecule has 16 heavy (non-hydrogen) atoms. The maximum absolute atomic E-state index is 11.8. The zero-order chi connectivity index (χ0) is 12.0. The minimum absolute atomic E-state index is 0.279. The molecule has 0 spiro atoms. The van der Waals surface area contributed by atoms with Crippen LogP contribution in [0.2, 0.25) is 0 Å². The quantitative estimate of drug-likeness (QED) is 0.724. The molecule has 2 N–H and O–H groups in total. The molecule has 0 bridgehead atoms. The first-order chi connectivity index (χ1) is 7.47. The van der Waals surface area contributed by atoms with Crippen LogP contribution in [0.3, 0.4) is 0 Å². The molecule has 1 heterocycles. The summed E-state index contributed by atoms with van der Waals surface area (Å²) in [4.78, 5) is 10.8. The van der Waals surface area contributed by atoms with Crippen LogP contribution in [-0.4, -0.2) is 31.7 Å². The van der Waals surface area contributed by atoms with Crippen molar-refractivity contribution in [3.05, 3.63) is 11.6 Å². The SMILES string of the molecule is O=C(CC(F)(F)F)NCCC1=CCNCC1. The minimum Gasteiger partial charge on any atom is -0.355 e. The summed E-state index contributed by atoms with van der Waals surface area (Å²) in [5.74, 6) is -0.956. The van der Waals surface area contributed by atoms with Gasteiger partial charge in [-0.05, 0) is 19.4 Å². The van der Waals surface area contributed by atoms with Gasteiger partial charge in [0.1, 0.15) is 6.42 Å². The normalized spacial score (nSPS) is 16.8. The van der Waals surface area contributed by atoms with Crippen molar-refractivity contribution in [3.63, 3.8) is 0 Å². The van der Waals surface area contributed by atoms with E-state index in [1.54, 1.807) is 0 Å². The average Bonchev–Trinajstić information content (AvgIpc) is 2.16. The summed E-state index contributed by atoms with van der Waals surface area (Å²) in [5.41, 5.74) is 1.19. The number of nitrogens with one attached hydrogen (secondary N) is 2. The van der Waals surface area contributed by atoms with Gasteiger partial charge < -0.3 is 10.6 Å². The van der Waals surface area contributed by atoms with E-state index >= 15 is 0 Å². The lowest BCUT2D eigenvalue weighted by molar-refractivity contribution is -0.153. The van der Waals surface area contributed by atoms with Crippen molar-refractivity contribution in [2.75, 3.05) is 19.6 Å². The molecule has 0 fully saturated rings. The van der Waals surface area contributed by atoms with Crippen molar-refractivity contribution < 1.29 is 18.0 Å². The van der Waals surface area contributed by atoms with Crippen LogP contribution in [0.1, 0.15) is 19.3 Å². The Labute approximate surface area is 92.1 Å². The summed E-state index contributed by atoms with van der Waals surface area (Å²) in [6, 6.07) is 0. The van der Waals surface area contributed by atoms with E-state index in [4.69, 9.17) is 0 Å². The highest BCUT2D eigenvalue weighted by Gasteiger charge is 2.30. The van der Waals surface area contributed by atoms with E-state index < -0.39 is 18.5 Å². The second-order valence-electron chi connectivity index (χ2n) is 3.71. The largest absolute Gasteiger partial charge is 0.397 e. The van der Waals surface area contributed by atoms with Crippen molar-refractivity contribution in [1.29, 1.82) is 0 Å². The zero-order valence-electron chi connectivity index (χ0n) is 8.86. The molecular weight excluding hydrogens is 221 g/mol. The van der Waals surface area contributed by atoms with Crippen LogP contribution < -0.4 is 10.6 Å². The zero-order valence-corrected chi connectivity index (χ0v) is 8.86. The third kappa shape index (κ3) is 5.75. The van der Waals surface area contributed by atoms with Gasteiger partial charge in [0.2, 0.25) is 5.91 Å². The predicted octanol–water partition coefficient (Wildman–Crippen LogP) is 1.36. The summed E-state index contributed by atoms with van der Waals surface area (Å²) in [5, 5.41) is 5.40. The molecule has 1 rings (SSSR count). The Morgan fingerprint density at radius 2 is 2.25 bits per heavy atom. The summed E-state index contributed by atoms with van der Waals surface area (Å²) in [6.07, 6.45) is -2.27. The Bertz CT molecular complexity index is 274. The number of hydrogen-bond acceptors (Lipinski definition) is 2. The van der Waals surface area contributed by atoms with Gasteiger partial charge in [0.25, 0.3) is 0 Å². The fourth-order valence-electron chi connectivity index (χ4n) is 1.50. The number of carbonyl (C=O) groups is 1. The van der Waals surface area contributed by atoms with Gasteiger partial charge in [0.15, 0.2) is 0 Å². The first-order valence-corrected chi connectivity index (χ1v) is 5.19. The summed E-state index contributed by atoms with van der Waals surface area (Å²) >= 11 is 0. The summed E-state index contributed by atoms with van der Waals surface area (Å²) in [7, 11) is 0. The standard InChI is InChI=1S/C10H15F3N2O/c11-10(12,13)7-9(16)15-6-3-8-1-4-14-5-2-8/h1,14H,2-7H2,(H,15,16). The van der Waals surface area contributed by atoms with E-state index in [0.717, 1.165) is 19.5 Å². The maximum Gasteiger partial charge on any atom is 0.397 e. The number of halogens is 3. The van der Waals surface area contributed by atoms with Crippen molar-refractivity contribution in [1.82, 2.24) is 10.6 Å². The molecule has 0 aromatic heterocycles. The van der Waals surface area contributed by atoms with Gasteiger partial charge in [-0.2, -0.15) is 13.2 Å². The monoisotopic (exact) mass is 236 g/mol. The minimum atomic E-state index is -4.42. The van der Waals surface area contributed by atoms with Crippen molar-refractivity contribution in [3.8, 4) is 0 Å².